The number of carbonyl (C=O) groups excluding carboxylic acids is 1. The lowest BCUT2D eigenvalue weighted by atomic mass is 10.3. The first-order valence-electron chi connectivity index (χ1n) is 5.00. The molecule has 0 N–H and O–H groups in total. The van der Waals surface area contributed by atoms with Gasteiger partial charge in [-0.15, -0.1) is 0 Å². The van der Waals surface area contributed by atoms with Crippen LogP contribution in [0.3, 0.4) is 0 Å². The second-order valence-electron chi connectivity index (χ2n) is 3.75. The molecule has 0 fully saturated rings. The normalized spacial score (nSPS) is 12.6. The lowest BCUT2D eigenvalue weighted by Gasteiger charge is -2.16. The quantitative estimate of drug-likeness (QED) is 0.800. The minimum Gasteiger partial charge on any atom is -0.461 e. The van der Waals surface area contributed by atoms with Crippen LogP contribution in [0.5, 0.6) is 0 Å². The molecule has 5 heteroatoms. The van der Waals surface area contributed by atoms with Gasteiger partial charge in [-0.1, -0.05) is 0 Å². The third kappa shape index (κ3) is 3.20. The number of pyridine rings is 1. The van der Waals surface area contributed by atoms with Crippen molar-refractivity contribution in [1.29, 1.82) is 0 Å². The Labute approximate surface area is 102 Å². The summed E-state index contributed by atoms with van der Waals surface area (Å²) in [6.07, 6.45) is 1.40. The first-order valence-corrected chi connectivity index (χ1v) is 5.79. The molecule has 1 aromatic rings. The Morgan fingerprint density at radius 3 is 2.56 bits per heavy atom. The van der Waals surface area contributed by atoms with E-state index in [1.807, 2.05) is 0 Å². The molecule has 1 rings (SSSR count). The Balaban J connectivity index is 2.96. The first-order chi connectivity index (χ1) is 7.41. The first kappa shape index (κ1) is 13.0. The standard InChI is InChI=1S/C11H14BrNO3/c1-7(2)16-11(15)8(3)13-6-9(12)4-5-10(13)14/h4-8H,1-3H3. The van der Waals surface area contributed by atoms with Gasteiger partial charge in [-0.25, -0.2) is 4.79 Å². The number of ether oxygens (including phenoxy) is 1. The Bertz CT molecular complexity index is 439. The fourth-order valence-corrected chi connectivity index (χ4v) is 1.58. The van der Waals surface area contributed by atoms with Gasteiger partial charge >= 0.3 is 5.97 Å². The molecule has 1 atom stereocenters. The van der Waals surface area contributed by atoms with Gasteiger partial charge in [-0.05, 0) is 42.8 Å². The van der Waals surface area contributed by atoms with Gasteiger partial charge in [0.15, 0.2) is 0 Å². The van der Waals surface area contributed by atoms with Crippen LogP contribution >= 0.6 is 15.9 Å². The van der Waals surface area contributed by atoms with Crippen molar-refractivity contribution in [2.45, 2.75) is 32.9 Å². The second-order valence-corrected chi connectivity index (χ2v) is 4.67. The van der Waals surface area contributed by atoms with E-state index in [9.17, 15) is 9.59 Å². The maximum Gasteiger partial charge on any atom is 0.329 e. The Kier molecular flexibility index (Phi) is 4.29. The van der Waals surface area contributed by atoms with E-state index in [2.05, 4.69) is 15.9 Å². The maximum absolute atomic E-state index is 11.6. The number of hydrogen-bond acceptors (Lipinski definition) is 3. The van der Waals surface area contributed by atoms with Gasteiger partial charge in [0.1, 0.15) is 6.04 Å². The van der Waals surface area contributed by atoms with Crippen LogP contribution in [0.4, 0.5) is 0 Å². The summed E-state index contributed by atoms with van der Waals surface area (Å²) in [5.41, 5.74) is -0.226. The summed E-state index contributed by atoms with van der Waals surface area (Å²) in [4.78, 5) is 23.2. The summed E-state index contributed by atoms with van der Waals surface area (Å²) in [6.45, 7) is 5.18. The van der Waals surface area contributed by atoms with Crippen LogP contribution in [0, 0.1) is 0 Å². The molecule has 0 aliphatic carbocycles. The molecule has 0 aliphatic rings. The Hall–Kier alpha value is -1.10. The van der Waals surface area contributed by atoms with Gasteiger partial charge in [-0.3, -0.25) is 4.79 Å². The number of halogens is 1. The molecule has 0 saturated carbocycles. The van der Waals surface area contributed by atoms with Crippen molar-refractivity contribution in [1.82, 2.24) is 4.57 Å². The van der Waals surface area contributed by atoms with Crippen LogP contribution in [-0.2, 0) is 9.53 Å². The van der Waals surface area contributed by atoms with Crippen LogP contribution in [0.2, 0.25) is 0 Å². The van der Waals surface area contributed by atoms with Crippen molar-refractivity contribution in [2.75, 3.05) is 0 Å². The van der Waals surface area contributed by atoms with Gasteiger partial charge in [0.05, 0.1) is 6.10 Å². The summed E-state index contributed by atoms with van der Waals surface area (Å²) < 4.78 is 7.14. The molecule has 0 aliphatic heterocycles. The van der Waals surface area contributed by atoms with Crippen LogP contribution in [0.15, 0.2) is 27.6 Å². The summed E-state index contributed by atoms with van der Waals surface area (Å²) in [7, 11) is 0. The van der Waals surface area contributed by atoms with E-state index in [-0.39, 0.29) is 11.7 Å². The summed E-state index contributed by atoms with van der Waals surface area (Å²) in [5.74, 6) is -0.407. The lowest BCUT2D eigenvalue weighted by Crippen LogP contribution is -2.29. The van der Waals surface area contributed by atoms with Crippen molar-refractivity contribution in [3.63, 3.8) is 0 Å². The van der Waals surface area contributed by atoms with E-state index in [0.29, 0.717) is 0 Å². The van der Waals surface area contributed by atoms with Gasteiger partial charge in [0, 0.05) is 16.7 Å². The molecular formula is C11H14BrNO3. The highest BCUT2D eigenvalue weighted by molar-refractivity contribution is 9.10. The Morgan fingerprint density at radius 1 is 1.38 bits per heavy atom. The minimum absolute atomic E-state index is 0.183. The highest BCUT2D eigenvalue weighted by Crippen LogP contribution is 2.11. The predicted octanol–water partition coefficient (Wildman–Crippen LogP) is 2.12. The van der Waals surface area contributed by atoms with Gasteiger partial charge < -0.3 is 9.30 Å². The zero-order valence-corrected chi connectivity index (χ0v) is 11.0. The average Bonchev–Trinajstić information content (AvgIpc) is 2.19. The third-order valence-corrected chi connectivity index (χ3v) is 2.48. The molecule has 0 bridgehead atoms. The number of nitrogens with zero attached hydrogens (tertiary/aromatic N) is 1. The zero-order chi connectivity index (χ0) is 12.3. The highest BCUT2D eigenvalue weighted by Gasteiger charge is 2.18. The smallest absolute Gasteiger partial charge is 0.329 e. The van der Waals surface area contributed by atoms with Crippen LogP contribution in [-0.4, -0.2) is 16.6 Å². The Morgan fingerprint density at radius 2 is 2.00 bits per heavy atom. The molecule has 0 saturated heterocycles. The van der Waals surface area contributed by atoms with Crippen molar-refractivity contribution < 1.29 is 9.53 Å². The fraction of sp³-hybridized carbons (Fsp3) is 0.455. The van der Waals surface area contributed by atoms with Crippen molar-refractivity contribution in [2.24, 2.45) is 0 Å². The average molecular weight is 288 g/mol. The van der Waals surface area contributed by atoms with Crippen molar-refractivity contribution in [3.05, 3.63) is 33.2 Å². The number of rotatable bonds is 3. The predicted molar refractivity (Wildman–Crippen MR) is 64.3 cm³/mol. The maximum atomic E-state index is 11.6. The van der Waals surface area contributed by atoms with Crippen molar-refractivity contribution >= 4 is 21.9 Å². The van der Waals surface area contributed by atoms with E-state index in [0.717, 1.165) is 4.47 Å². The number of hydrogen-bond donors (Lipinski definition) is 0. The molecule has 0 radical (unpaired) electrons. The molecular weight excluding hydrogens is 274 g/mol. The zero-order valence-electron chi connectivity index (χ0n) is 9.44. The van der Waals surface area contributed by atoms with Crippen LogP contribution < -0.4 is 5.56 Å². The summed E-state index contributed by atoms with van der Waals surface area (Å²) in [6, 6.07) is 2.43. The molecule has 16 heavy (non-hydrogen) atoms. The largest absolute Gasteiger partial charge is 0.461 e. The van der Waals surface area contributed by atoms with Crippen LogP contribution in [0.25, 0.3) is 0 Å². The number of carbonyl (C=O) groups is 1. The topological polar surface area (TPSA) is 48.3 Å². The molecule has 0 spiro atoms. The highest BCUT2D eigenvalue weighted by atomic mass is 79.9. The van der Waals surface area contributed by atoms with Crippen LogP contribution in [0.1, 0.15) is 26.8 Å². The number of aromatic nitrogens is 1. The molecule has 0 aromatic carbocycles. The molecule has 1 unspecified atom stereocenters. The van der Waals surface area contributed by atoms with Gasteiger partial charge in [0.2, 0.25) is 0 Å². The lowest BCUT2D eigenvalue weighted by molar-refractivity contribution is -0.151. The third-order valence-electron chi connectivity index (χ3n) is 2.01. The second kappa shape index (κ2) is 5.30. The van der Waals surface area contributed by atoms with E-state index in [1.54, 1.807) is 33.0 Å². The minimum atomic E-state index is -0.618. The molecule has 0 amide bonds. The summed E-state index contributed by atoms with van der Waals surface area (Å²) >= 11 is 3.25. The summed E-state index contributed by atoms with van der Waals surface area (Å²) in [5, 5.41) is 0. The monoisotopic (exact) mass is 287 g/mol. The van der Waals surface area contributed by atoms with Crippen molar-refractivity contribution in [3.8, 4) is 0 Å². The van der Waals surface area contributed by atoms with E-state index in [4.69, 9.17) is 4.74 Å². The fourth-order valence-electron chi connectivity index (χ4n) is 1.22. The number of esters is 1. The van der Waals surface area contributed by atoms with Gasteiger partial charge in [0.25, 0.3) is 5.56 Å². The van der Waals surface area contributed by atoms with E-state index in [1.165, 1.54) is 10.6 Å². The van der Waals surface area contributed by atoms with E-state index < -0.39 is 12.0 Å². The molecule has 88 valence electrons. The van der Waals surface area contributed by atoms with Gasteiger partial charge in [-0.2, -0.15) is 0 Å². The SMILES string of the molecule is CC(C)OC(=O)C(C)n1cc(Br)ccc1=O. The molecule has 4 nitrogen and oxygen atoms in total. The van der Waals surface area contributed by atoms with E-state index >= 15 is 0 Å². The molecule has 1 aromatic heterocycles. The molecule has 1 heterocycles.